The number of amides is 1. The molecule has 1 amide bonds. The lowest BCUT2D eigenvalue weighted by Crippen LogP contribution is -2.43. The van der Waals surface area contributed by atoms with Crippen molar-refractivity contribution < 1.29 is 9.90 Å². The van der Waals surface area contributed by atoms with Crippen LogP contribution in [0.1, 0.15) is 30.3 Å². The number of piperidine rings is 1. The van der Waals surface area contributed by atoms with Gasteiger partial charge in [0.05, 0.1) is 6.10 Å². The van der Waals surface area contributed by atoms with Crippen LogP contribution < -0.4 is 0 Å². The van der Waals surface area contributed by atoms with Crippen LogP contribution in [0, 0.1) is 5.92 Å². The SMILES string of the molecule is CC(O)C1CCCN(C(=O)c2cc3ccccc3[nH]2)C1. The van der Waals surface area contributed by atoms with Crippen molar-refractivity contribution in [1.29, 1.82) is 0 Å². The van der Waals surface area contributed by atoms with Crippen molar-refractivity contribution in [3.05, 3.63) is 36.0 Å². The van der Waals surface area contributed by atoms with Gasteiger partial charge >= 0.3 is 0 Å². The number of aliphatic hydroxyl groups excluding tert-OH is 1. The first-order chi connectivity index (χ1) is 9.65. The Labute approximate surface area is 118 Å². The predicted molar refractivity (Wildman–Crippen MR) is 78.6 cm³/mol. The van der Waals surface area contributed by atoms with Crippen molar-refractivity contribution in [3.63, 3.8) is 0 Å². The van der Waals surface area contributed by atoms with E-state index < -0.39 is 0 Å². The summed E-state index contributed by atoms with van der Waals surface area (Å²) in [6.45, 7) is 3.23. The molecule has 1 fully saturated rings. The summed E-state index contributed by atoms with van der Waals surface area (Å²) in [5, 5.41) is 10.8. The number of aromatic nitrogens is 1. The molecule has 1 aromatic carbocycles. The molecular weight excluding hydrogens is 252 g/mol. The molecule has 2 N–H and O–H groups in total. The zero-order chi connectivity index (χ0) is 14.1. The number of fused-ring (bicyclic) bond motifs is 1. The van der Waals surface area contributed by atoms with Gasteiger partial charge in [-0.25, -0.2) is 0 Å². The van der Waals surface area contributed by atoms with Gasteiger partial charge in [0.1, 0.15) is 5.69 Å². The van der Waals surface area contributed by atoms with Crippen molar-refractivity contribution in [2.45, 2.75) is 25.9 Å². The Morgan fingerprint density at radius 1 is 1.45 bits per heavy atom. The third-order valence-electron chi connectivity index (χ3n) is 4.19. The molecule has 0 bridgehead atoms. The summed E-state index contributed by atoms with van der Waals surface area (Å²) in [6.07, 6.45) is 1.60. The summed E-state index contributed by atoms with van der Waals surface area (Å²) in [6, 6.07) is 9.80. The van der Waals surface area contributed by atoms with Crippen LogP contribution in [0.15, 0.2) is 30.3 Å². The van der Waals surface area contributed by atoms with Gasteiger partial charge < -0.3 is 15.0 Å². The monoisotopic (exact) mass is 272 g/mol. The van der Waals surface area contributed by atoms with E-state index >= 15 is 0 Å². The van der Waals surface area contributed by atoms with E-state index in [1.54, 1.807) is 0 Å². The van der Waals surface area contributed by atoms with E-state index in [0.29, 0.717) is 12.2 Å². The molecule has 1 aromatic heterocycles. The maximum atomic E-state index is 12.6. The lowest BCUT2D eigenvalue weighted by atomic mass is 9.93. The average molecular weight is 272 g/mol. The summed E-state index contributed by atoms with van der Waals surface area (Å²) in [5.41, 5.74) is 1.62. The van der Waals surface area contributed by atoms with Crippen LogP contribution in [0.5, 0.6) is 0 Å². The second-order valence-corrected chi connectivity index (χ2v) is 5.66. The Bertz CT molecular complexity index is 585. The molecule has 106 valence electrons. The number of hydrogen-bond donors (Lipinski definition) is 2. The normalized spacial score (nSPS) is 21.1. The smallest absolute Gasteiger partial charge is 0.270 e. The van der Waals surface area contributed by atoms with Crippen LogP contribution in [0.4, 0.5) is 0 Å². The van der Waals surface area contributed by atoms with E-state index in [1.807, 2.05) is 42.2 Å². The highest BCUT2D eigenvalue weighted by atomic mass is 16.3. The molecule has 0 aliphatic carbocycles. The molecule has 4 heteroatoms. The van der Waals surface area contributed by atoms with Crippen molar-refractivity contribution in [3.8, 4) is 0 Å². The largest absolute Gasteiger partial charge is 0.393 e. The highest BCUT2D eigenvalue weighted by Gasteiger charge is 2.27. The lowest BCUT2D eigenvalue weighted by molar-refractivity contribution is 0.0462. The van der Waals surface area contributed by atoms with E-state index in [2.05, 4.69) is 4.98 Å². The summed E-state index contributed by atoms with van der Waals surface area (Å²) in [4.78, 5) is 17.6. The summed E-state index contributed by atoms with van der Waals surface area (Å²) >= 11 is 0. The fourth-order valence-corrected chi connectivity index (χ4v) is 2.95. The zero-order valence-electron chi connectivity index (χ0n) is 11.7. The van der Waals surface area contributed by atoms with Gasteiger partial charge in [0.25, 0.3) is 5.91 Å². The van der Waals surface area contributed by atoms with E-state index in [1.165, 1.54) is 0 Å². The van der Waals surface area contributed by atoms with Crippen LogP contribution in [0.25, 0.3) is 10.9 Å². The molecule has 0 saturated carbocycles. The van der Waals surface area contributed by atoms with Crippen molar-refractivity contribution in [2.75, 3.05) is 13.1 Å². The second kappa shape index (κ2) is 5.29. The van der Waals surface area contributed by atoms with Crippen LogP contribution in [-0.2, 0) is 0 Å². The van der Waals surface area contributed by atoms with Gasteiger partial charge in [-0.3, -0.25) is 4.79 Å². The first kappa shape index (κ1) is 13.2. The van der Waals surface area contributed by atoms with Gasteiger partial charge in [0, 0.05) is 29.9 Å². The Morgan fingerprint density at radius 2 is 2.25 bits per heavy atom. The highest BCUT2D eigenvalue weighted by molar-refractivity contribution is 5.98. The molecule has 0 radical (unpaired) electrons. The van der Waals surface area contributed by atoms with Gasteiger partial charge in [-0.2, -0.15) is 0 Å². The molecule has 0 spiro atoms. The van der Waals surface area contributed by atoms with Crippen LogP contribution in [0.2, 0.25) is 0 Å². The van der Waals surface area contributed by atoms with Gasteiger partial charge in [-0.1, -0.05) is 18.2 Å². The molecule has 1 aliphatic heterocycles. The number of aliphatic hydroxyl groups is 1. The molecule has 1 aliphatic rings. The molecule has 2 atom stereocenters. The van der Waals surface area contributed by atoms with Gasteiger partial charge in [-0.15, -0.1) is 0 Å². The molecule has 1 saturated heterocycles. The van der Waals surface area contributed by atoms with Crippen molar-refractivity contribution in [1.82, 2.24) is 9.88 Å². The number of likely N-dealkylation sites (tertiary alicyclic amines) is 1. The number of H-pyrrole nitrogens is 1. The highest BCUT2D eigenvalue weighted by Crippen LogP contribution is 2.22. The minimum atomic E-state index is -0.353. The fraction of sp³-hybridized carbons (Fsp3) is 0.438. The Balaban J connectivity index is 1.81. The van der Waals surface area contributed by atoms with E-state index in [-0.39, 0.29) is 17.9 Å². The number of para-hydroxylation sites is 1. The van der Waals surface area contributed by atoms with Crippen LogP contribution in [-0.4, -0.2) is 40.1 Å². The standard InChI is InChI=1S/C16H20N2O2/c1-11(19)13-6-4-8-18(10-13)16(20)15-9-12-5-2-3-7-14(12)17-15/h2-3,5,7,9,11,13,17,19H,4,6,8,10H2,1H3. The fourth-order valence-electron chi connectivity index (χ4n) is 2.95. The predicted octanol–water partition coefficient (Wildman–Crippen LogP) is 2.40. The maximum absolute atomic E-state index is 12.6. The van der Waals surface area contributed by atoms with Crippen molar-refractivity contribution >= 4 is 16.8 Å². The first-order valence-corrected chi connectivity index (χ1v) is 7.20. The minimum Gasteiger partial charge on any atom is -0.393 e. The zero-order valence-corrected chi connectivity index (χ0v) is 11.7. The third-order valence-corrected chi connectivity index (χ3v) is 4.19. The van der Waals surface area contributed by atoms with E-state index in [9.17, 15) is 9.90 Å². The molecule has 20 heavy (non-hydrogen) atoms. The number of nitrogens with zero attached hydrogens (tertiary/aromatic N) is 1. The summed E-state index contributed by atoms with van der Waals surface area (Å²) in [7, 11) is 0. The molecule has 2 heterocycles. The number of carbonyl (C=O) groups excluding carboxylic acids is 1. The number of benzene rings is 1. The number of nitrogens with one attached hydrogen (secondary N) is 1. The number of hydrogen-bond acceptors (Lipinski definition) is 2. The lowest BCUT2D eigenvalue weighted by Gasteiger charge is -2.33. The maximum Gasteiger partial charge on any atom is 0.270 e. The molecule has 4 nitrogen and oxygen atoms in total. The quantitative estimate of drug-likeness (QED) is 0.882. The number of aromatic amines is 1. The molecule has 3 rings (SSSR count). The topological polar surface area (TPSA) is 56.3 Å². The Morgan fingerprint density at radius 3 is 3.00 bits per heavy atom. The van der Waals surface area contributed by atoms with Crippen molar-refractivity contribution in [2.24, 2.45) is 5.92 Å². The summed E-state index contributed by atoms with van der Waals surface area (Å²) < 4.78 is 0. The van der Waals surface area contributed by atoms with Crippen LogP contribution in [0.3, 0.4) is 0 Å². The molecule has 2 aromatic rings. The minimum absolute atomic E-state index is 0.0338. The van der Waals surface area contributed by atoms with Gasteiger partial charge in [-0.05, 0) is 31.9 Å². The first-order valence-electron chi connectivity index (χ1n) is 7.20. The van der Waals surface area contributed by atoms with Gasteiger partial charge in [0.2, 0.25) is 0 Å². The second-order valence-electron chi connectivity index (χ2n) is 5.66. The number of carbonyl (C=O) groups is 1. The third kappa shape index (κ3) is 2.43. The van der Waals surface area contributed by atoms with Gasteiger partial charge in [0.15, 0.2) is 0 Å². The molecular formula is C16H20N2O2. The summed E-state index contributed by atoms with van der Waals surface area (Å²) in [5.74, 6) is 0.226. The number of rotatable bonds is 2. The Kier molecular flexibility index (Phi) is 3.49. The average Bonchev–Trinajstić information content (AvgIpc) is 2.90. The molecule has 2 unspecified atom stereocenters. The van der Waals surface area contributed by atoms with E-state index in [0.717, 1.165) is 30.3 Å². The Hall–Kier alpha value is -1.81. The van der Waals surface area contributed by atoms with Crippen LogP contribution >= 0.6 is 0 Å². The van der Waals surface area contributed by atoms with E-state index in [4.69, 9.17) is 0 Å².